The van der Waals surface area contributed by atoms with Crippen molar-refractivity contribution in [2.75, 3.05) is 0 Å². The van der Waals surface area contributed by atoms with Crippen LogP contribution in [0.5, 0.6) is 0 Å². The third kappa shape index (κ3) is 1.57. The van der Waals surface area contributed by atoms with Crippen molar-refractivity contribution >= 4 is 5.97 Å². The maximum absolute atomic E-state index is 11.6. The van der Waals surface area contributed by atoms with Gasteiger partial charge in [0.05, 0.1) is 6.10 Å². The van der Waals surface area contributed by atoms with E-state index >= 15 is 0 Å². The van der Waals surface area contributed by atoms with Gasteiger partial charge in [-0.2, -0.15) is 0 Å². The lowest BCUT2D eigenvalue weighted by molar-refractivity contribution is -0.139. The minimum Gasteiger partial charge on any atom is -0.458 e. The molecule has 0 bridgehead atoms. The predicted molar refractivity (Wildman–Crippen MR) is 67.7 cm³/mol. The lowest BCUT2D eigenvalue weighted by Gasteiger charge is -2.20. The Bertz CT molecular complexity index is 449. The Hall–Kier alpha value is -1.09. The molecule has 1 N–H and O–H groups in total. The third-order valence-electron chi connectivity index (χ3n) is 5.08. The number of rotatable bonds is 0. The molecule has 0 radical (unpaired) electrons. The van der Waals surface area contributed by atoms with Gasteiger partial charge in [-0.1, -0.05) is 19.1 Å². The van der Waals surface area contributed by atoms with Crippen LogP contribution < -0.4 is 0 Å². The summed E-state index contributed by atoms with van der Waals surface area (Å²) >= 11 is 0. The molecule has 3 rings (SSSR count). The van der Waals surface area contributed by atoms with Gasteiger partial charge in [0.2, 0.25) is 0 Å². The van der Waals surface area contributed by atoms with Crippen molar-refractivity contribution in [2.24, 2.45) is 17.8 Å². The maximum Gasteiger partial charge on any atom is 0.334 e. The smallest absolute Gasteiger partial charge is 0.334 e. The van der Waals surface area contributed by atoms with E-state index in [4.69, 9.17) is 4.74 Å². The molecule has 2 fully saturated rings. The minimum absolute atomic E-state index is 0.00282. The molecule has 1 aliphatic heterocycles. The Morgan fingerprint density at radius 3 is 2.78 bits per heavy atom. The van der Waals surface area contributed by atoms with E-state index in [0.29, 0.717) is 17.4 Å². The van der Waals surface area contributed by atoms with Crippen LogP contribution in [0.2, 0.25) is 0 Å². The lowest BCUT2D eigenvalue weighted by Crippen LogP contribution is -2.19. The summed E-state index contributed by atoms with van der Waals surface area (Å²) in [6.07, 6.45) is 2.28. The van der Waals surface area contributed by atoms with Gasteiger partial charge >= 0.3 is 5.97 Å². The fourth-order valence-corrected chi connectivity index (χ4v) is 3.86. The summed E-state index contributed by atoms with van der Waals surface area (Å²) in [5.74, 6) is 0.811. The van der Waals surface area contributed by atoms with Crippen molar-refractivity contribution < 1.29 is 14.6 Å². The highest BCUT2D eigenvalue weighted by atomic mass is 16.6. The van der Waals surface area contributed by atoms with Gasteiger partial charge < -0.3 is 9.84 Å². The molecule has 0 amide bonds. The third-order valence-corrected chi connectivity index (χ3v) is 5.08. The SMILES string of the molecule is C=C1C(=O)O[C@@H]2C[C@H](C)[C@@H]3C[C@H](O)C(C)=C3C[C@H]12. The fraction of sp³-hybridized carbons (Fsp3) is 0.667. The average Bonchev–Trinajstić information content (AvgIpc) is 2.68. The van der Waals surface area contributed by atoms with Gasteiger partial charge in [-0.15, -0.1) is 0 Å². The summed E-state index contributed by atoms with van der Waals surface area (Å²) in [7, 11) is 0. The molecule has 1 heterocycles. The van der Waals surface area contributed by atoms with Crippen LogP contribution in [0.25, 0.3) is 0 Å². The van der Waals surface area contributed by atoms with E-state index in [1.807, 2.05) is 6.92 Å². The highest BCUT2D eigenvalue weighted by Crippen LogP contribution is 2.49. The first kappa shape index (κ1) is 12.0. The topological polar surface area (TPSA) is 46.5 Å². The van der Waals surface area contributed by atoms with E-state index in [-0.39, 0.29) is 24.1 Å². The lowest BCUT2D eigenvalue weighted by atomic mass is 9.86. The zero-order chi connectivity index (χ0) is 13.0. The van der Waals surface area contributed by atoms with Gasteiger partial charge in [0, 0.05) is 11.5 Å². The highest BCUT2D eigenvalue weighted by molar-refractivity contribution is 5.90. The van der Waals surface area contributed by atoms with Crippen molar-refractivity contribution in [1.29, 1.82) is 0 Å². The van der Waals surface area contributed by atoms with Crippen LogP contribution in [-0.2, 0) is 9.53 Å². The molecule has 3 aliphatic rings. The first-order valence-corrected chi connectivity index (χ1v) is 6.76. The summed E-state index contributed by atoms with van der Waals surface area (Å²) in [5.41, 5.74) is 3.08. The minimum atomic E-state index is -0.296. The number of allylic oxidation sites excluding steroid dienone is 1. The van der Waals surface area contributed by atoms with Crippen molar-refractivity contribution in [3.05, 3.63) is 23.3 Å². The second kappa shape index (κ2) is 3.95. The van der Waals surface area contributed by atoms with E-state index < -0.39 is 0 Å². The molecule has 2 aliphatic carbocycles. The second-order valence-electron chi connectivity index (χ2n) is 6.06. The molecule has 0 aromatic carbocycles. The highest BCUT2D eigenvalue weighted by Gasteiger charge is 2.46. The standard InChI is InChI=1S/C15H20O3/c1-7-4-14-12(9(3)15(17)18-14)5-11-8(2)13(16)6-10(7)11/h7,10,12-14,16H,3-6H2,1-2H3/t7-,10-,12+,13-,14+/m0/s1. The normalized spacial score (nSPS) is 43.6. The number of esters is 1. The summed E-state index contributed by atoms with van der Waals surface area (Å²) in [6.45, 7) is 8.11. The number of carbonyl (C=O) groups is 1. The Morgan fingerprint density at radius 2 is 2.06 bits per heavy atom. The number of hydrogen-bond acceptors (Lipinski definition) is 3. The van der Waals surface area contributed by atoms with Gasteiger partial charge in [-0.05, 0) is 43.6 Å². The molecule has 0 spiro atoms. The summed E-state index contributed by atoms with van der Waals surface area (Å²) in [6, 6.07) is 0. The number of carbonyl (C=O) groups excluding carboxylic acids is 1. The summed E-state index contributed by atoms with van der Waals surface area (Å²) in [4.78, 5) is 11.6. The van der Waals surface area contributed by atoms with E-state index in [2.05, 4.69) is 13.5 Å². The first-order chi connectivity index (χ1) is 8.49. The van der Waals surface area contributed by atoms with Crippen LogP contribution in [0.3, 0.4) is 0 Å². The largest absolute Gasteiger partial charge is 0.458 e. The van der Waals surface area contributed by atoms with Crippen LogP contribution in [0.1, 0.15) is 33.1 Å². The zero-order valence-electron chi connectivity index (χ0n) is 11.0. The molecule has 0 aromatic heterocycles. The summed E-state index contributed by atoms with van der Waals surface area (Å²) < 4.78 is 5.43. The first-order valence-electron chi connectivity index (χ1n) is 6.76. The molecule has 0 aromatic rings. The number of aliphatic hydroxyl groups is 1. The predicted octanol–water partition coefficient (Wildman–Crippen LogP) is 2.21. The molecule has 98 valence electrons. The Balaban J connectivity index is 1.97. The molecule has 1 saturated carbocycles. The van der Waals surface area contributed by atoms with E-state index in [0.717, 1.165) is 24.8 Å². The Labute approximate surface area is 108 Å². The number of fused-ring (bicyclic) bond motifs is 2. The number of aliphatic hydroxyl groups excluding tert-OH is 1. The van der Waals surface area contributed by atoms with Crippen molar-refractivity contribution in [3.63, 3.8) is 0 Å². The maximum atomic E-state index is 11.6. The van der Waals surface area contributed by atoms with Gasteiger partial charge in [0.25, 0.3) is 0 Å². The van der Waals surface area contributed by atoms with Gasteiger partial charge in [0.1, 0.15) is 6.10 Å². The number of ether oxygens (including phenoxy) is 1. The van der Waals surface area contributed by atoms with Crippen molar-refractivity contribution in [1.82, 2.24) is 0 Å². The quantitative estimate of drug-likeness (QED) is 0.406. The molecular formula is C15H20O3. The second-order valence-corrected chi connectivity index (χ2v) is 6.06. The average molecular weight is 248 g/mol. The van der Waals surface area contributed by atoms with E-state index in [9.17, 15) is 9.90 Å². The molecule has 5 atom stereocenters. The zero-order valence-corrected chi connectivity index (χ0v) is 11.0. The van der Waals surface area contributed by atoms with Crippen molar-refractivity contribution in [2.45, 2.75) is 45.3 Å². The van der Waals surface area contributed by atoms with Gasteiger partial charge in [0.15, 0.2) is 0 Å². The van der Waals surface area contributed by atoms with E-state index in [1.54, 1.807) is 0 Å². The Kier molecular flexibility index (Phi) is 2.63. The molecular weight excluding hydrogens is 228 g/mol. The van der Waals surface area contributed by atoms with Crippen LogP contribution in [0, 0.1) is 17.8 Å². The fourth-order valence-electron chi connectivity index (χ4n) is 3.86. The van der Waals surface area contributed by atoms with Crippen LogP contribution in [0.4, 0.5) is 0 Å². The summed E-state index contributed by atoms with van der Waals surface area (Å²) in [5, 5.41) is 10.0. The van der Waals surface area contributed by atoms with Gasteiger partial charge in [-0.3, -0.25) is 0 Å². The Morgan fingerprint density at radius 1 is 1.33 bits per heavy atom. The van der Waals surface area contributed by atoms with Crippen LogP contribution >= 0.6 is 0 Å². The molecule has 18 heavy (non-hydrogen) atoms. The van der Waals surface area contributed by atoms with Gasteiger partial charge in [-0.25, -0.2) is 4.79 Å². The monoisotopic (exact) mass is 248 g/mol. The van der Waals surface area contributed by atoms with E-state index in [1.165, 1.54) is 5.57 Å². The van der Waals surface area contributed by atoms with Crippen LogP contribution in [0.15, 0.2) is 23.3 Å². The van der Waals surface area contributed by atoms with Crippen molar-refractivity contribution in [3.8, 4) is 0 Å². The van der Waals surface area contributed by atoms with Crippen LogP contribution in [-0.4, -0.2) is 23.3 Å². The molecule has 3 nitrogen and oxygen atoms in total. The number of hydrogen-bond donors (Lipinski definition) is 1. The molecule has 0 unspecified atom stereocenters. The molecule has 1 saturated heterocycles. The molecule has 3 heteroatoms.